The number of aromatic nitrogens is 3. The van der Waals surface area contributed by atoms with Crippen LogP contribution < -0.4 is 14.8 Å². The maximum atomic E-state index is 13.2. The van der Waals surface area contributed by atoms with Gasteiger partial charge in [-0.2, -0.15) is 13.2 Å². The summed E-state index contributed by atoms with van der Waals surface area (Å²) in [4.78, 5) is 13.2. The van der Waals surface area contributed by atoms with Crippen LogP contribution in [-0.2, 0) is 10.9 Å². The van der Waals surface area contributed by atoms with Crippen molar-refractivity contribution in [3.8, 4) is 11.5 Å². The van der Waals surface area contributed by atoms with Gasteiger partial charge in [0.1, 0.15) is 17.2 Å². The Bertz CT molecular complexity index is 1210. The highest BCUT2D eigenvalue weighted by atomic mass is 19.4. The number of aryl methyl sites for hydroxylation is 1. The molecule has 0 bridgehead atoms. The van der Waals surface area contributed by atoms with Crippen molar-refractivity contribution in [1.82, 2.24) is 15.0 Å². The van der Waals surface area contributed by atoms with Gasteiger partial charge >= 0.3 is 6.18 Å². The van der Waals surface area contributed by atoms with Crippen LogP contribution in [0.3, 0.4) is 0 Å². The van der Waals surface area contributed by atoms with E-state index in [1.54, 1.807) is 33.1 Å². The topological polar surface area (TPSA) is 78.4 Å². The maximum absolute atomic E-state index is 13.2. The first-order chi connectivity index (χ1) is 16.5. The Morgan fingerprint density at radius 2 is 1.91 bits per heavy atom. The zero-order valence-electron chi connectivity index (χ0n) is 20.4. The molecular weight excluding hydrogens is 461 g/mol. The summed E-state index contributed by atoms with van der Waals surface area (Å²) in [5.74, 6) is 2.25. The van der Waals surface area contributed by atoms with Gasteiger partial charge in [0, 0.05) is 30.2 Å². The molecule has 4 rings (SSSR count). The second-order valence-corrected chi connectivity index (χ2v) is 9.24. The standard InChI is InChI=1S/C25H29F3N4O3/c1-14(19-10-16(6-8-29-19)25(26,27)28)30-23-18-11-22(35-24(3,4)17-7-9-34-13-17)21(33-5)12-20(18)31-15(2)32-23/h6,8,10-12,14,17H,7,9,13H2,1-5H3,(H,30,31,32)/t14-,17?/m1/s1. The van der Waals surface area contributed by atoms with Crippen molar-refractivity contribution in [3.63, 3.8) is 0 Å². The Labute approximate surface area is 202 Å². The van der Waals surface area contributed by atoms with Crippen molar-refractivity contribution in [1.29, 1.82) is 0 Å². The number of rotatable bonds is 7. The SMILES string of the molecule is COc1cc2nc(C)nc(N[C@H](C)c3cc(C(F)(F)F)ccn3)c2cc1OC(C)(C)C1CCOC1. The van der Waals surface area contributed by atoms with Crippen LogP contribution in [0.1, 0.15) is 50.3 Å². The average molecular weight is 491 g/mol. The number of anilines is 1. The largest absolute Gasteiger partial charge is 0.493 e. The molecule has 7 nitrogen and oxygen atoms in total. The van der Waals surface area contributed by atoms with Crippen LogP contribution in [0, 0.1) is 12.8 Å². The summed E-state index contributed by atoms with van der Waals surface area (Å²) < 4.78 is 57.1. The van der Waals surface area contributed by atoms with E-state index in [9.17, 15) is 13.2 Å². The molecule has 3 aromatic rings. The number of hydrogen-bond acceptors (Lipinski definition) is 7. The normalized spacial score (nSPS) is 17.4. The summed E-state index contributed by atoms with van der Waals surface area (Å²) in [6.45, 7) is 8.84. The van der Waals surface area contributed by atoms with E-state index in [4.69, 9.17) is 14.2 Å². The van der Waals surface area contributed by atoms with Gasteiger partial charge in [-0.05, 0) is 52.3 Å². The molecule has 2 atom stereocenters. The highest BCUT2D eigenvalue weighted by Crippen LogP contribution is 2.39. The molecule has 1 N–H and O–H groups in total. The third-order valence-corrected chi connectivity index (χ3v) is 6.28. The van der Waals surface area contributed by atoms with Gasteiger partial charge in [-0.15, -0.1) is 0 Å². The minimum atomic E-state index is -4.45. The van der Waals surface area contributed by atoms with Crippen LogP contribution >= 0.6 is 0 Å². The quantitative estimate of drug-likeness (QED) is 0.453. The molecule has 1 aliphatic heterocycles. The number of pyridine rings is 1. The number of methoxy groups -OCH3 is 1. The molecule has 1 fully saturated rings. The van der Waals surface area contributed by atoms with E-state index < -0.39 is 23.4 Å². The van der Waals surface area contributed by atoms with Crippen LogP contribution in [0.15, 0.2) is 30.5 Å². The number of halogens is 3. The third kappa shape index (κ3) is 5.42. The van der Waals surface area contributed by atoms with E-state index in [-0.39, 0.29) is 11.6 Å². The Balaban J connectivity index is 1.70. The number of benzene rings is 1. The first-order valence-corrected chi connectivity index (χ1v) is 11.4. The fourth-order valence-corrected chi connectivity index (χ4v) is 4.19. The zero-order valence-corrected chi connectivity index (χ0v) is 20.4. The van der Waals surface area contributed by atoms with Crippen molar-refractivity contribution in [2.75, 3.05) is 25.6 Å². The highest BCUT2D eigenvalue weighted by Gasteiger charge is 2.35. The number of fused-ring (bicyclic) bond motifs is 1. The molecule has 10 heteroatoms. The fourth-order valence-electron chi connectivity index (χ4n) is 4.19. The van der Waals surface area contributed by atoms with E-state index in [1.165, 1.54) is 0 Å². The Kier molecular flexibility index (Phi) is 6.77. The molecule has 0 saturated carbocycles. The van der Waals surface area contributed by atoms with Gasteiger partial charge in [0.2, 0.25) is 0 Å². The number of alkyl halides is 3. The summed E-state index contributed by atoms with van der Waals surface area (Å²) in [5.41, 5.74) is -0.392. The van der Waals surface area contributed by atoms with Gasteiger partial charge in [-0.1, -0.05) is 0 Å². The average Bonchev–Trinajstić information content (AvgIpc) is 3.34. The third-order valence-electron chi connectivity index (χ3n) is 6.28. The molecule has 35 heavy (non-hydrogen) atoms. The monoisotopic (exact) mass is 490 g/mol. The summed E-state index contributed by atoms with van der Waals surface area (Å²) >= 11 is 0. The predicted octanol–water partition coefficient (Wildman–Crippen LogP) is 5.73. The fraction of sp³-hybridized carbons (Fsp3) is 0.480. The second kappa shape index (κ2) is 9.49. The smallest absolute Gasteiger partial charge is 0.416 e. The van der Waals surface area contributed by atoms with Crippen molar-refractivity contribution in [2.24, 2.45) is 5.92 Å². The minimum absolute atomic E-state index is 0.224. The molecule has 1 saturated heterocycles. The van der Waals surface area contributed by atoms with Crippen LogP contribution in [-0.4, -0.2) is 40.9 Å². The van der Waals surface area contributed by atoms with E-state index in [2.05, 4.69) is 20.3 Å². The molecule has 1 unspecified atom stereocenters. The summed E-state index contributed by atoms with van der Waals surface area (Å²) in [5, 5.41) is 3.86. The van der Waals surface area contributed by atoms with E-state index >= 15 is 0 Å². The molecule has 0 amide bonds. The van der Waals surface area contributed by atoms with Crippen molar-refractivity contribution in [3.05, 3.63) is 47.5 Å². The van der Waals surface area contributed by atoms with Crippen molar-refractivity contribution < 1.29 is 27.4 Å². The van der Waals surface area contributed by atoms with Gasteiger partial charge in [0.25, 0.3) is 0 Å². The number of ether oxygens (including phenoxy) is 3. The summed E-state index contributed by atoms with van der Waals surface area (Å²) in [6.07, 6.45) is -2.39. The Hall–Kier alpha value is -3.14. The van der Waals surface area contributed by atoms with Gasteiger partial charge in [0.05, 0.1) is 36.5 Å². The lowest BCUT2D eigenvalue weighted by Gasteiger charge is -2.32. The van der Waals surface area contributed by atoms with Gasteiger partial charge in [-0.3, -0.25) is 4.98 Å². The number of hydrogen-bond donors (Lipinski definition) is 1. The van der Waals surface area contributed by atoms with Gasteiger partial charge in [0.15, 0.2) is 11.5 Å². The first kappa shape index (κ1) is 25.0. The van der Waals surface area contributed by atoms with Crippen molar-refractivity contribution in [2.45, 2.75) is 51.9 Å². The van der Waals surface area contributed by atoms with E-state index in [0.29, 0.717) is 47.3 Å². The van der Waals surface area contributed by atoms with Gasteiger partial charge in [-0.25, -0.2) is 9.97 Å². The highest BCUT2D eigenvalue weighted by molar-refractivity contribution is 5.92. The van der Waals surface area contributed by atoms with E-state index in [0.717, 1.165) is 24.8 Å². The van der Waals surface area contributed by atoms with Crippen LogP contribution in [0.4, 0.5) is 19.0 Å². The number of nitrogens with zero attached hydrogens (tertiary/aromatic N) is 3. The van der Waals surface area contributed by atoms with Gasteiger partial charge < -0.3 is 19.5 Å². The number of nitrogens with one attached hydrogen (secondary N) is 1. The molecule has 0 radical (unpaired) electrons. The van der Waals surface area contributed by atoms with Crippen LogP contribution in [0.2, 0.25) is 0 Å². The molecule has 1 aromatic carbocycles. The van der Waals surface area contributed by atoms with Crippen LogP contribution in [0.25, 0.3) is 10.9 Å². The zero-order chi connectivity index (χ0) is 25.4. The molecule has 3 heterocycles. The predicted molar refractivity (Wildman–Crippen MR) is 126 cm³/mol. The lowest BCUT2D eigenvalue weighted by molar-refractivity contribution is -0.137. The molecule has 2 aromatic heterocycles. The first-order valence-electron chi connectivity index (χ1n) is 11.4. The molecule has 1 aliphatic rings. The lowest BCUT2D eigenvalue weighted by atomic mass is 9.90. The Morgan fingerprint density at radius 1 is 1.14 bits per heavy atom. The minimum Gasteiger partial charge on any atom is -0.493 e. The Morgan fingerprint density at radius 3 is 2.57 bits per heavy atom. The van der Waals surface area contributed by atoms with E-state index in [1.807, 2.05) is 13.8 Å². The summed E-state index contributed by atoms with van der Waals surface area (Å²) in [7, 11) is 1.56. The summed E-state index contributed by atoms with van der Waals surface area (Å²) in [6, 6.07) is 5.03. The molecule has 0 spiro atoms. The molecular formula is C25H29F3N4O3. The van der Waals surface area contributed by atoms with Crippen LogP contribution in [0.5, 0.6) is 11.5 Å². The second-order valence-electron chi connectivity index (χ2n) is 9.24. The lowest BCUT2D eigenvalue weighted by Crippen LogP contribution is -2.38. The molecule has 0 aliphatic carbocycles. The maximum Gasteiger partial charge on any atom is 0.416 e. The molecule has 188 valence electrons. The van der Waals surface area contributed by atoms with Crippen molar-refractivity contribution >= 4 is 16.7 Å².